The van der Waals surface area contributed by atoms with Gasteiger partial charge in [-0.2, -0.15) is 0 Å². The molecule has 0 saturated carbocycles. The van der Waals surface area contributed by atoms with Gasteiger partial charge in [-0.3, -0.25) is 9.78 Å². The van der Waals surface area contributed by atoms with Gasteiger partial charge in [0, 0.05) is 18.8 Å². The highest BCUT2D eigenvalue weighted by Crippen LogP contribution is 2.18. The molecule has 1 rings (SSSR count). The largest absolute Gasteiger partial charge is 0.346 e. The van der Waals surface area contributed by atoms with Crippen LogP contribution in [0.2, 0.25) is 0 Å². The number of nitrogens with two attached hydrogens (primary N) is 1. The number of nitrogens with one attached hydrogen (secondary N) is 1. The summed E-state index contributed by atoms with van der Waals surface area (Å²) in [5.74, 6) is -0.233. The topological polar surface area (TPSA) is 80.9 Å². The molecule has 5 heteroatoms. The number of hydrogen-bond acceptors (Lipinski definition) is 4. The molecule has 0 bridgehead atoms. The fraction of sp³-hybridized carbons (Fsp3) is 0.583. The Morgan fingerprint density at radius 3 is 2.47 bits per heavy atom. The van der Waals surface area contributed by atoms with E-state index in [9.17, 15) is 4.79 Å². The van der Waals surface area contributed by atoms with Crippen molar-refractivity contribution in [3.63, 3.8) is 0 Å². The third-order valence-electron chi connectivity index (χ3n) is 2.60. The van der Waals surface area contributed by atoms with Crippen molar-refractivity contribution in [2.24, 2.45) is 11.1 Å². The summed E-state index contributed by atoms with van der Waals surface area (Å²) in [4.78, 5) is 20.0. The summed E-state index contributed by atoms with van der Waals surface area (Å²) in [5, 5.41) is 2.88. The van der Waals surface area contributed by atoms with Crippen LogP contribution in [0.3, 0.4) is 0 Å². The van der Waals surface area contributed by atoms with Gasteiger partial charge in [0.25, 0.3) is 5.91 Å². The summed E-state index contributed by atoms with van der Waals surface area (Å²) in [5.41, 5.74) is 6.68. The summed E-state index contributed by atoms with van der Waals surface area (Å²) in [6.45, 7) is 8.32. The number of aryl methyl sites for hydroxylation is 1. The average molecular weight is 236 g/mol. The first-order valence-corrected chi connectivity index (χ1v) is 5.64. The second-order valence-corrected chi connectivity index (χ2v) is 5.17. The number of nitrogens with zero attached hydrogens (tertiary/aromatic N) is 2. The van der Waals surface area contributed by atoms with Crippen molar-refractivity contribution < 1.29 is 4.79 Å². The molecule has 94 valence electrons. The van der Waals surface area contributed by atoms with Crippen LogP contribution in [0, 0.1) is 12.3 Å². The first-order chi connectivity index (χ1) is 7.84. The minimum Gasteiger partial charge on any atom is -0.346 e. The first-order valence-electron chi connectivity index (χ1n) is 5.64. The van der Waals surface area contributed by atoms with Crippen LogP contribution in [0.15, 0.2) is 12.4 Å². The van der Waals surface area contributed by atoms with Crippen molar-refractivity contribution in [3.05, 3.63) is 23.8 Å². The molecule has 1 unspecified atom stereocenters. The Morgan fingerprint density at radius 1 is 1.41 bits per heavy atom. The fourth-order valence-electron chi connectivity index (χ4n) is 1.37. The lowest BCUT2D eigenvalue weighted by atomic mass is 9.87. The van der Waals surface area contributed by atoms with Crippen LogP contribution in [-0.2, 0) is 0 Å². The summed E-state index contributed by atoms with van der Waals surface area (Å²) < 4.78 is 0. The Kier molecular flexibility index (Phi) is 4.17. The fourth-order valence-corrected chi connectivity index (χ4v) is 1.37. The lowest BCUT2D eigenvalue weighted by Crippen LogP contribution is -2.48. The van der Waals surface area contributed by atoms with E-state index < -0.39 is 0 Å². The van der Waals surface area contributed by atoms with Gasteiger partial charge in [-0.05, 0) is 12.3 Å². The molecule has 0 fully saturated rings. The zero-order valence-electron chi connectivity index (χ0n) is 10.8. The van der Waals surface area contributed by atoms with Gasteiger partial charge in [0.1, 0.15) is 5.69 Å². The molecule has 1 aromatic heterocycles. The minimum absolute atomic E-state index is 0.0808. The highest BCUT2D eigenvalue weighted by atomic mass is 16.2. The van der Waals surface area contributed by atoms with E-state index in [2.05, 4.69) is 15.3 Å². The summed E-state index contributed by atoms with van der Waals surface area (Å²) in [6.07, 6.45) is 3.05. The van der Waals surface area contributed by atoms with Crippen molar-refractivity contribution in [3.8, 4) is 0 Å². The van der Waals surface area contributed by atoms with Crippen LogP contribution in [0.4, 0.5) is 0 Å². The Balaban J connectivity index is 2.75. The molecule has 1 amide bonds. The highest BCUT2D eigenvalue weighted by molar-refractivity contribution is 5.92. The van der Waals surface area contributed by atoms with E-state index in [-0.39, 0.29) is 17.4 Å². The molecule has 0 aliphatic rings. The zero-order chi connectivity index (χ0) is 13.1. The highest BCUT2D eigenvalue weighted by Gasteiger charge is 2.25. The van der Waals surface area contributed by atoms with Crippen LogP contribution in [0.5, 0.6) is 0 Å². The summed E-state index contributed by atoms with van der Waals surface area (Å²) in [6, 6.07) is -0.0851. The Labute approximate surface area is 102 Å². The van der Waals surface area contributed by atoms with Crippen molar-refractivity contribution in [1.29, 1.82) is 0 Å². The molecule has 0 radical (unpaired) electrons. The van der Waals surface area contributed by atoms with Gasteiger partial charge < -0.3 is 11.1 Å². The number of carbonyl (C=O) groups excluding carboxylic acids is 1. The molecule has 1 atom stereocenters. The normalized spacial score (nSPS) is 13.2. The monoisotopic (exact) mass is 236 g/mol. The number of hydrogen-bond donors (Lipinski definition) is 2. The van der Waals surface area contributed by atoms with Crippen molar-refractivity contribution in [2.75, 3.05) is 6.54 Å². The van der Waals surface area contributed by atoms with Gasteiger partial charge in [0.15, 0.2) is 0 Å². The molecule has 0 aliphatic carbocycles. The smallest absolute Gasteiger partial charge is 0.271 e. The van der Waals surface area contributed by atoms with Gasteiger partial charge in [0.05, 0.1) is 11.9 Å². The molecule has 0 aliphatic heterocycles. The second kappa shape index (κ2) is 5.23. The van der Waals surface area contributed by atoms with Gasteiger partial charge >= 0.3 is 0 Å². The second-order valence-electron chi connectivity index (χ2n) is 5.17. The Morgan fingerprint density at radius 2 is 2.06 bits per heavy atom. The predicted octanol–water partition coefficient (Wildman–Crippen LogP) is 0.888. The Hall–Kier alpha value is -1.49. The van der Waals surface area contributed by atoms with Crippen molar-refractivity contribution in [1.82, 2.24) is 15.3 Å². The van der Waals surface area contributed by atoms with Crippen LogP contribution in [0.1, 0.15) is 37.0 Å². The van der Waals surface area contributed by atoms with Gasteiger partial charge in [-0.15, -0.1) is 0 Å². The molecule has 0 aromatic carbocycles. The quantitative estimate of drug-likeness (QED) is 0.816. The van der Waals surface area contributed by atoms with Gasteiger partial charge in [0.2, 0.25) is 0 Å². The van der Waals surface area contributed by atoms with Crippen molar-refractivity contribution >= 4 is 5.91 Å². The van der Waals surface area contributed by atoms with Crippen molar-refractivity contribution in [2.45, 2.75) is 33.7 Å². The standard InChI is InChI=1S/C12H20N4O/c1-8-6-15-9(7-14-8)11(17)16-10(5-13)12(2,3)4/h6-7,10H,5,13H2,1-4H3,(H,16,17). The van der Waals surface area contributed by atoms with Gasteiger partial charge in [-0.1, -0.05) is 20.8 Å². The maximum Gasteiger partial charge on any atom is 0.271 e. The van der Waals surface area contributed by atoms with E-state index >= 15 is 0 Å². The lowest BCUT2D eigenvalue weighted by Gasteiger charge is -2.30. The molecule has 1 heterocycles. The van der Waals surface area contributed by atoms with Crippen LogP contribution < -0.4 is 11.1 Å². The van der Waals surface area contributed by atoms with E-state index in [1.54, 1.807) is 6.20 Å². The average Bonchev–Trinajstić information content (AvgIpc) is 2.24. The SMILES string of the molecule is Cc1cnc(C(=O)NC(CN)C(C)(C)C)cn1. The molecular formula is C12H20N4O. The zero-order valence-corrected chi connectivity index (χ0v) is 10.8. The molecule has 5 nitrogen and oxygen atoms in total. The molecule has 3 N–H and O–H groups in total. The summed E-state index contributed by atoms with van der Waals surface area (Å²) in [7, 11) is 0. The van der Waals surface area contributed by atoms with E-state index in [0.29, 0.717) is 12.2 Å². The van der Waals surface area contributed by atoms with E-state index in [4.69, 9.17) is 5.73 Å². The Bertz CT molecular complexity index is 380. The van der Waals surface area contributed by atoms with Crippen LogP contribution in [0.25, 0.3) is 0 Å². The predicted molar refractivity (Wildman–Crippen MR) is 66.5 cm³/mol. The maximum absolute atomic E-state index is 11.9. The van der Waals surface area contributed by atoms with E-state index in [0.717, 1.165) is 5.69 Å². The number of rotatable bonds is 3. The van der Waals surface area contributed by atoms with E-state index in [1.165, 1.54) is 6.20 Å². The van der Waals surface area contributed by atoms with Gasteiger partial charge in [-0.25, -0.2) is 4.98 Å². The molecule has 17 heavy (non-hydrogen) atoms. The van der Waals surface area contributed by atoms with Crippen LogP contribution >= 0.6 is 0 Å². The third-order valence-corrected chi connectivity index (χ3v) is 2.60. The maximum atomic E-state index is 11.9. The first kappa shape index (κ1) is 13.6. The number of carbonyl (C=O) groups is 1. The third kappa shape index (κ3) is 3.78. The van der Waals surface area contributed by atoms with Crippen LogP contribution in [-0.4, -0.2) is 28.5 Å². The number of amides is 1. The van der Waals surface area contributed by atoms with E-state index in [1.807, 2.05) is 27.7 Å². The molecule has 1 aromatic rings. The summed E-state index contributed by atoms with van der Waals surface area (Å²) >= 11 is 0. The lowest BCUT2D eigenvalue weighted by molar-refractivity contribution is 0.0900. The minimum atomic E-state index is -0.233. The molecule has 0 spiro atoms. The molecule has 0 saturated heterocycles. The molecular weight excluding hydrogens is 216 g/mol. The number of aromatic nitrogens is 2.